The minimum Gasteiger partial charge on any atom is -0.497 e. The van der Waals surface area contributed by atoms with Crippen molar-refractivity contribution in [2.75, 3.05) is 12.4 Å². The summed E-state index contributed by atoms with van der Waals surface area (Å²) in [6.45, 7) is 4.38. The van der Waals surface area contributed by atoms with Crippen LogP contribution in [0, 0.1) is 11.8 Å². The Balaban J connectivity index is 1.13. The smallest absolute Gasteiger partial charge is 0.256 e. The van der Waals surface area contributed by atoms with Crippen molar-refractivity contribution in [3.63, 3.8) is 0 Å². The summed E-state index contributed by atoms with van der Waals surface area (Å²) in [6, 6.07) is 20.6. The predicted octanol–water partition coefficient (Wildman–Crippen LogP) is 6.42. The molecule has 1 N–H and O–H groups in total. The highest BCUT2D eigenvalue weighted by atomic mass is 32.1. The lowest BCUT2D eigenvalue weighted by Gasteiger charge is -2.22. The molecular formula is C33H28N6O2S. The van der Waals surface area contributed by atoms with Crippen molar-refractivity contribution in [3.8, 4) is 29.0 Å². The summed E-state index contributed by atoms with van der Waals surface area (Å²) in [5.41, 5.74) is 5.53. The Bertz CT molecular complexity index is 1810. The Morgan fingerprint density at radius 1 is 1.14 bits per heavy atom. The summed E-state index contributed by atoms with van der Waals surface area (Å²) in [7, 11) is 1.63. The molecule has 0 saturated heterocycles. The Kier molecular flexibility index (Phi) is 7.88. The summed E-state index contributed by atoms with van der Waals surface area (Å²) < 4.78 is 5.21. The second-order valence-electron chi connectivity index (χ2n) is 9.99. The molecule has 3 aromatic carbocycles. The molecule has 0 bridgehead atoms. The highest BCUT2D eigenvalue weighted by Gasteiger charge is 2.21. The van der Waals surface area contributed by atoms with E-state index in [-0.39, 0.29) is 5.91 Å². The van der Waals surface area contributed by atoms with Gasteiger partial charge in [0.2, 0.25) is 5.82 Å². The zero-order chi connectivity index (χ0) is 28.9. The van der Waals surface area contributed by atoms with Gasteiger partial charge < -0.3 is 10.1 Å². The average Bonchev–Trinajstić information content (AvgIpc) is 3.65. The van der Waals surface area contributed by atoms with Gasteiger partial charge in [-0.1, -0.05) is 49.3 Å². The zero-order valence-electron chi connectivity index (χ0n) is 23.1. The number of nitrogens with one attached hydrogen (secondary N) is 1. The molecule has 6 rings (SSSR count). The molecule has 2 heterocycles. The van der Waals surface area contributed by atoms with Gasteiger partial charge in [-0.15, -0.1) is 21.5 Å². The summed E-state index contributed by atoms with van der Waals surface area (Å²) in [5, 5.41) is 18.8. The number of tetrazole rings is 1. The van der Waals surface area contributed by atoms with E-state index in [4.69, 9.17) is 4.74 Å². The number of carbonyl (C=O) groups is 1. The molecule has 1 saturated carbocycles. The van der Waals surface area contributed by atoms with Gasteiger partial charge in [-0.3, -0.25) is 4.79 Å². The highest BCUT2D eigenvalue weighted by molar-refractivity contribution is 7.10. The summed E-state index contributed by atoms with van der Waals surface area (Å²) in [5.74, 6) is 7.94. The van der Waals surface area contributed by atoms with Crippen LogP contribution in [0.3, 0.4) is 0 Å². The first kappa shape index (κ1) is 27.1. The van der Waals surface area contributed by atoms with Crippen LogP contribution in [0.15, 0.2) is 78.7 Å². The van der Waals surface area contributed by atoms with Crippen molar-refractivity contribution >= 4 is 29.0 Å². The molecule has 42 heavy (non-hydrogen) atoms. The van der Waals surface area contributed by atoms with Crippen LogP contribution in [0.5, 0.6) is 5.75 Å². The van der Waals surface area contributed by atoms with Crippen LogP contribution in [-0.2, 0) is 6.54 Å². The summed E-state index contributed by atoms with van der Waals surface area (Å²) >= 11 is 1.58. The van der Waals surface area contributed by atoms with Crippen LogP contribution >= 0.6 is 11.3 Å². The van der Waals surface area contributed by atoms with Gasteiger partial charge in [0, 0.05) is 33.7 Å². The number of methoxy groups -OCH3 is 1. The molecule has 1 aliphatic rings. The van der Waals surface area contributed by atoms with Crippen molar-refractivity contribution in [1.82, 2.24) is 25.2 Å². The topological polar surface area (TPSA) is 94.8 Å². The summed E-state index contributed by atoms with van der Waals surface area (Å²) in [6.07, 6.45) is 5.37. The third-order valence-electron chi connectivity index (χ3n) is 7.19. The van der Waals surface area contributed by atoms with Gasteiger partial charge in [0.25, 0.3) is 5.91 Å². The number of ether oxygens (including phenoxy) is 1. The molecule has 1 amide bonds. The number of hydrogen-bond donors (Lipinski definition) is 1. The lowest BCUT2D eigenvalue weighted by atomic mass is 9.83. The maximum atomic E-state index is 13.2. The first-order valence-electron chi connectivity index (χ1n) is 13.6. The molecule has 9 heteroatoms. The molecule has 2 aromatic heterocycles. The molecule has 0 spiro atoms. The molecule has 5 aromatic rings. The van der Waals surface area contributed by atoms with Crippen molar-refractivity contribution in [2.45, 2.75) is 31.7 Å². The van der Waals surface area contributed by atoms with Crippen molar-refractivity contribution in [3.05, 3.63) is 112 Å². The van der Waals surface area contributed by atoms with E-state index in [1.807, 2.05) is 60.7 Å². The SMILES string of the molecule is C=Cc1cc(-c2nnn(Cc3ccc(OC)cc3)n2)ccc1C(=O)Nc1cccc(C#Cc2nc(C3CCC3)cs2)c1. The number of anilines is 1. The van der Waals surface area contributed by atoms with Crippen molar-refractivity contribution < 1.29 is 9.53 Å². The lowest BCUT2D eigenvalue weighted by Crippen LogP contribution is -2.13. The normalized spacial score (nSPS) is 12.6. The molecule has 1 fully saturated rings. The van der Waals surface area contributed by atoms with Gasteiger partial charge in [-0.25, -0.2) is 4.98 Å². The number of thiazole rings is 1. The maximum Gasteiger partial charge on any atom is 0.256 e. The van der Waals surface area contributed by atoms with Crippen molar-refractivity contribution in [2.24, 2.45) is 0 Å². The number of rotatable bonds is 8. The Hall–Kier alpha value is -5.07. The largest absolute Gasteiger partial charge is 0.497 e. The molecule has 208 valence electrons. The van der Waals surface area contributed by atoms with Gasteiger partial charge in [0.1, 0.15) is 5.75 Å². The van der Waals surface area contributed by atoms with Gasteiger partial charge in [0.15, 0.2) is 5.01 Å². The number of hydrogen-bond acceptors (Lipinski definition) is 7. The van der Waals surface area contributed by atoms with Crippen LogP contribution in [-0.4, -0.2) is 38.2 Å². The van der Waals surface area contributed by atoms with Gasteiger partial charge in [-0.05, 0) is 77.6 Å². The number of amides is 1. The third kappa shape index (κ3) is 6.14. The molecular weight excluding hydrogens is 544 g/mol. The van der Waals surface area contributed by atoms with E-state index in [1.54, 1.807) is 30.6 Å². The highest BCUT2D eigenvalue weighted by Crippen LogP contribution is 2.36. The molecule has 8 nitrogen and oxygen atoms in total. The van der Waals surface area contributed by atoms with Crippen LogP contribution in [0.25, 0.3) is 17.5 Å². The number of aromatic nitrogens is 5. The average molecular weight is 573 g/mol. The minimum absolute atomic E-state index is 0.247. The molecule has 0 atom stereocenters. The Labute approximate surface area is 248 Å². The maximum absolute atomic E-state index is 13.2. The Morgan fingerprint density at radius 3 is 2.76 bits per heavy atom. The molecule has 0 aliphatic heterocycles. The first-order valence-corrected chi connectivity index (χ1v) is 14.5. The van der Waals surface area contributed by atoms with Gasteiger partial charge >= 0.3 is 0 Å². The molecule has 0 unspecified atom stereocenters. The number of benzene rings is 3. The van der Waals surface area contributed by atoms with Gasteiger partial charge in [-0.2, -0.15) is 4.80 Å². The fourth-order valence-electron chi connectivity index (χ4n) is 4.63. The van der Waals surface area contributed by atoms with E-state index in [2.05, 4.69) is 49.5 Å². The molecule has 1 aliphatic carbocycles. The van der Waals surface area contributed by atoms with E-state index in [0.29, 0.717) is 35.1 Å². The van der Waals surface area contributed by atoms with E-state index in [1.165, 1.54) is 24.1 Å². The van der Waals surface area contributed by atoms with E-state index in [0.717, 1.165) is 33.1 Å². The fourth-order valence-corrected chi connectivity index (χ4v) is 5.38. The summed E-state index contributed by atoms with van der Waals surface area (Å²) in [4.78, 5) is 19.4. The van der Waals surface area contributed by atoms with Crippen LogP contribution in [0.2, 0.25) is 0 Å². The quantitative estimate of drug-likeness (QED) is 0.216. The number of carbonyl (C=O) groups excluding carboxylic acids is 1. The second kappa shape index (κ2) is 12.2. The van der Waals surface area contributed by atoms with Crippen LogP contribution < -0.4 is 10.1 Å². The zero-order valence-corrected chi connectivity index (χ0v) is 23.9. The van der Waals surface area contributed by atoms with Crippen molar-refractivity contribution in [1.29, 1.82) is 0 Å². The minimum atomic E-state index is -0.247. The van der Waals surface area contributed by atoms with E-state index >= 15 is 0 Å². The second-order valence-corrected chi connectivity index (χ2v) is 10.8. The van der Waals surface area contributed by atoms with Crippen LogP contribution in [0.1, 0.15) is 62.9 Å². The fraction of sp³-hybridized carbons (Fsp3) is 0.182. The molecule has 0 radical (unpaired) electrons. The monoisotopic (exact) mass is 572 g/mol. The standard InChI is InChI=1S/C33H28N6O2S/c1-3-24-19-26(32-36-38-39(37-32)20-23-10-14-28(41-2)15-11-23)13-16-29(24)33(40)34-27-9-4-6-22(18-27)12-17-31-35-30(21-42-31)25-7-5-8-25/h3-4,6,9-11,13-16,18-19,21,25H,1,5,7-8,20H2,2H3,(H,34,40). The van der Waals surface area contributed by atoms with Crippen LogP contribution in [0.4, 0.5) is 5.69 Å². The van der Waals surface area contributed by atoms with Gasteiger partial charge in [0.05, 0.1) is 19.3 Å². The Morgan fingerprint density at radius 2 is 2.00 bits per heavy atom. The van der Waals surface area contributed by atoms with E-state index < -0.39 is 0 Å². The van der Waals surface area contributed by atoms with E-state index in [9.17, 15) is 4.79 Å². The first-order chi connectivity index (χ1) is 20.6. The number of nitrogens with zero attached hydrogens (tertiary/aromatic N) is 5. The lowest BCUT2D eigenvalue weighted by molar-refractivity contribution is 0.102. The predicted molar refractivity (Wildman–Crippen MR) is 165 cm³/mol. The third-order valence-corrected chi connectivity index (χ3v) is 7.97.